The Morgan fingerprint density at radius 2 is 2.04 bits per heavy atom. The second-order valence-electron chi connectivity index (χ2n) is 6.58. The predicted octanol–water partition coefficient (Wildman–Crippen LogP) is 2.41. The highest BCUT2D eigenvalue weighted by Crippen LogP contribution is 2.13. The van der Waals surface area contributed by atoms with Crippen molar-refractivity contribution >= 4 is 29.9 Å². The Hall–Kier alpha value is -1.75. The molecule has 2 aromatic rings. The molecule has 0 fully saturated rings. The average Bonchev–Trinajstić information content (AvgIpc) is 3.09. The summed E-state index contributed by atoms with van der Waals surface area (Å²) in [4.78, 5) is 6.56. The molecule has 0 atom stereocenters. The van der Waals surface area contributed by atoms with Gasteiger partial charge in [-0.1, -0.05) is 13.0 Å². The molecule has 0 saturated heterocycles. The van der Waals surface area contributed by atoms with Crippen molar-refractivity contribution in [2.75, 3.05) is 27.2 Å². The summed E-state index contributed by atoms with van der Waals surface area (Å²) in [6, 6.07) is 5.18. The summed E-state index contributed by atoms with van der Waals surface area (Å²) in [5, 5.41) is 14.6. The Balaban J connectivity index is 0.00000392. The molecule has 0 aliphatic rings. The SMILES string of the molecule is CCNC(=NCc1ccc(F)c(CN(C)C)c1)NCCn1cnnc1CC.I. The van der Waals surface area contributed by atoms with Crippen LogP contribution in [0.1, 0.15) is 30.8 Å². The molecule has 1 heterocycles. The summed E-state index contributed by atoms with van der Waals surface area (Å²) in [5.41, 5.74) is 1.67. The minimum Gasteiger partial charge on any atom is -0.357 e. The van der Waals surface area contributed by atoms with Gasteiger partial charge in [0.1, 0.15) is 18.0 Å². The van der Waals surface area contributed by atoms with Gasteiger partial charge in [-0.2, -0.15) is 0 Å². The van der Waals surface area contributed by atoms with Gasteiger partial charge < -0.3 is 20.1 Å². The number of hydrogen-bond acceptors (Lipinski definition) is 4. The number of halogens is 2. The third kappa shape index (κ3) is 7.70. The Morgan fingerprint density at radius 3 is 2.71 bits per heavy atom. The van der Waals surface area contributed by atoms with Crippen molar-refractivity contribution in [2.24, 2.45) is 4.99 Å². The van der Waals surface area contributed by atoms with Gasteiger partial charge in [0.15, 0.2) is 5.96 Å². The first-order chi connectivity index (χ1) is 13.0. The number of aromatic nitrogens is 3. The van der Waals surface area contributed by atoms with Gasteiger partial charge in [0.2, 0.25) is 0 Å². The second-order valence-corrected chi connectivity index (χ2v) is 6.58. The van der Waals surface area contributed by atoms with Gasteiger partial charge in [-0.3, -0.25) is 0 Å². The number of rotatable bonds is 9. The van der Waals surface area contributed by atoms with E-state index in [1.54, 1.807) is 12.4 Å². The molecule has 0 aliphatic carbocycles. The van der Waals surface area contributed by atoms with Crippen molar-refractivity contribution in [1.29, 1.82) is 0 Å². The molecule has 0 amide bonds. The summed E-state index contributed by atoms with van der Waals surface area (Å²) in [6.45, 7) is 7.40. The van der Waals surface area contributed by atoms with Crippen LogP contribution in [0.2, 0.25) is 0 Å². The molecule has 0 aliphatic heterocycles. The molecule has 7 nitrogen and oxygen atoms in total. The molecule has 28 heavy (non-hydrogen) atoms. The fourth-order valence-corrected chi connectivity index (χ4v) is 2.73. The van der Waals surface area contributed by atoms with Crippen molar-refractivity contribution in [2.45, 2.75) is 39.9 Å². The third-order valence-electron chi connectivity index (χ3n) is 4.02. The van der Waals surface area contributed by atoms with Crippen LogP contribution in [0.25, 0.3) is 0 Å². The van der Waals surface area contributed by atoms with E-state index < -0.39 is 0 Å². The van der Waals surface area contributed by atoms with Gasteiger partial charge in [-0.25, -0.2) is 9.38 Å². The molecule has 9 heteroatoms. The zero-order valence-corrected chi connectivity index (χ0v) is 19.4. The largest absolute Gasteiger partial charge is 0.357 e. The maximum atomic E-state index is 13.9. The van der Waals surface area contributed by atoms with Crippen LogP contribution < -0.4 is 10.6 Å². The summed E-state index contributed by atoms with van der Waals surface area (Å²) >= 11 is 0. The van der Waals surface area contributed by atoms with Gasteiger partial charge in [-0.15, -0.1) is 34.2 Å². The van der Waals surface area contributed by atoms with Crippen molar-refractivity contribution in [3.8, 4) is 0 Å². The Morgan fingerprint density at radius 1 is 1.25 bits per heavy atom. The maximum absolute atomic E-state index is 13.9. The van der Waals surface area contributed by atoms with Gasteiger partial charge in [-0.05, 0) is 38.7 Å². The molecule has 0 unspecified atom stereocenters. The normalized spacial score (nSPS) is 11.4. The minimum atomic E-state index is -0.179. The van der Waals surface area contributed by atoms with Crippen LogP contribution in [0.4, 0.5) is 4.39 Å². The molecule has 1 aromatic carbocycles. The molecule has 2 N–H and O–H groups in total. The van der Waals surface area contributed by atoms with Gasteiger partial charge >= 0.3 is 0 Å². The fraction of sp³-hybridized carbons (Fsp3) is 0.526. The van der Waals surface area contributed by atoms with Crippen LogP contribution in [-0.2, 0) is 26.1 Å². The average molecular weight is 503 g/mol. The summed E-state index contributed by atoms with van der Waals surface area (Å²) < 4.78 is 15.9. The lowest BCUT2D eigenvalue weighted by atomic mass is 10.1. The Labute approximate surface area is 183 Å². The van der Waals surface area contributed by atoms with Crippen LogP contribution >= 0.6 is 24.0 Å². The third-order valence-corrected chi connectivity index (χ3v) is 4.02. The molecule has 0 saturated carbocycles. The molecule has 1 aromatic heterocycles. The minimum absolute atomic E-state index is 0. The van der Waals surface area contributed by atoms with Crippen LogP contribution in [-0.4, -0.2) is 52.8 Å². The molecular weight excluding hydrogens is 472 g/mol. The maximum Gasteiger partial charge on any atom is 0.191 e. The number of nitrogens with zero attached hydrogens (tertiary/aromatic N) is 5. The van der Waals surface area contributed by atoms with Crippen molar-refractivity contribution < 1.29 is 4.39 Å². The lowest BCUT2D eigenvalue weighted by molar-refractivity contribution is 0.392. The van der Waals surface area contributed by atoms with Gasteiger partial charge in [0.05, 0.1) is 6.54 Å². The second kappa shape index (κ2) is 12.7. The molecule has 0 bridgehead atoms. The Kier molecular flexibility index (Phi) is 11.0. The van der Waals surface area contributed by atoms with E-state index in [2.05, 4.69) is 32.7 Å². The first-order valence-electron chi connectivity index (χ1n) is 9.34. The van der Waals surface area contributed by atoms with E-state index in [4.69, 9.17) is 0 Å². The quantitative estimate of drug-likeness (QED) is 0.313. The van der Waals surface area contributed by atoms with E-state index in [1.807, 2.05) is 36.6 Å². The first-order valence-corrected chi connectivity index (χ1v) is 9.34. The summed E-state index contributed by atoms with van der Waals surface area (Å²) in [5.74, 6) is 1.53. The van der Waals surface area contributed by atoms with E-state index in [-0.39, 0.29) is 29.8 Å². The standard InChI is InChI=1S/C19H30FN7.HI/c1-5-18-25-24-14-27(18)10-9-22-19(21-6-2)23-12-15-7-8-17(20)16(11-15)13-26(3)4;/h7-8,11,14H,5-6,9-10,12-13H2,1-4H3,(H2,21,22,23);1H. The number of guanidine groups is 1. The van der Waals surface area contributed by atoms with Gasteiger partial charge in [0.25, 0.3) is 0 Å². The van der Waals surface area contributed by atoms with E-state index in [9.17, 15) is 4.39 Å². The lowest BCUT2D eigenvalue weighted by Gasteiger charge is -2.13. The van der Waals surface area contributed by atoms with Crippen LogP contribution in [0.3, 0.4) is 0 Å². The van der Waals surface area contributed by atoms with Crippen molar-refractivity contribution in [3.05, 3.63) is 47.3 Å². The van der Waals surface area contributed by atoms with E-state index >= 15 is 0 Å². The van der Waals surface area contributed by atoms with Crippen molar-refractivity contribution in [1.82, 2.24) is 30.3 Å². The van der Waals surface area contributed by atoms with Crippen LogP contribution in [0.15, 0.2) is 29.5 Å². The molecular formula is C19H31FIN7. The highest BCUT2D eigenvalue weighted by atomic mass is 127. The highest BCUT2D eigenvalue weighted by molar-refractivity contribution is 14.0. The zero-order chi connectivity index (χ0) is 19.6. The zero-order valence-electron chi connectivity index (χ0n) is 17.1. The van der Waals surface area contributed by atoms with Gasteiger partial charge in [0, 0.05) is 38.2 Å². The number of hydrogen-bond donors (Lipinski definition) is 2. The number of aliphatic imine (C=N–C) groups is 1. The van der Waals surface area contributed by atoms with E-state index in [0.29, 0.717) is 25.2 Å². The van der Waals surface area contributed by atoms with Crippen LogP contribution in [0, 0.1) is 5.82 Å². The highest BCUT2D eigenvalue weighted by Gasteiger charge is 2.06. The predicted molar refractivity (Wildman–Crippen MR) is 121 cm³/mol. The van der Waals surface area contributed by atoms with E-state index in [0.717, 1.165) is 36.9 Å². The Bertz CT molecular complexity index is 746. The smallest absolute Gasteiger partial charge is 0.191 e. The summed E-state index contributed by atoms with van der Waals surface area (Å²) in [6.07, 6.45) is 2.60. The monoisotopic (exact) mass is 503 g/mol. The van der Waals surface area contributed by atoms with Crippen molar-refractivity contribution in [3.63, 3.8) is 0 Å². The molecule has 0 radical (unpaired) electrons. The number of benzene rings is 1. The first kappa shape index (κ1) is 24.3. The fourth-order valence-electron chi connectivity index (χ4n) is 2.73. The molecule has 0 spiro atoms. The number of nitrogens with one attached hydrogen (secondary N) is 2. The summed E-state index contributed by atoms with van der Waals surface area (Å²) in [7, 11) is 3.86. The van der Waals surface area contributed by atoms with Crippen LogP contribution in [0.5, 0.6) is 0 Å². The molecule has 156 valence electrons. The van der Waals surface area contributed by atoms with E-state index in [1.165, 1.54) is 6.07 Å². The topological polar surface area (TPSA) is 70.4 Å². The lowest BCUT2D eigenvalue weighted by Crippen LogP contribution is -2.38. The molecule has 2 rings (SSSR count). The number of aryl methyl sites for hydroxylation is 1.